The summed E-state index contributed by atoms with van der Waals surface area (Å²) in [7, 11) is -3.33. The van der Waals surface area contributed by atoms with Crippen molar-refractivity contribution in [3.63, 3.8) is 0 Å². The van der Waals surface area contributed by atoms with Crippen LogP contribution in [0.1, 0.15) is 30.4 Å². The van der Waals surface area contributed by atoms with Crippen molar-refractivity contribution < 1.29 is 31.1 Å². The van der Waals surface area contributed by atoms with E-state index in [1.807, 2.05) is 6.07 Å². The fourth-order valence-electron chi connectivity index (χ4n) is 3.96. The van der Waals surface area contributed by atoms with Crippen molar-refractivity contribution >= 4 is 27.1 Å². The molecule has 6 nitrogen and oxygen atoms in total. The predicted molar refractivity (Wildman–Crippen MR) is 125 cm³/mol. The minimum atomic E-state index is -4.46. The molecule has 1 saturated carbocycles. The van der Waals surface area contributed by atoms with Crippen LogP contribution < -0.4 is 10.1 Å². The molecule has 0 amide bonds. The van der Waals surface area contributed by atoms with Crippen molar-refractivity contribution in [2.24, 2.45) is 5.92 Å². The normalized spacial score (nSPS) is 16.3. The molecule has 0 saturated heterocycles. The van der Waals surface area contributed by atoms with Crippen molar-refractivity contribution in [1.29, 1.82) is 0 Å². The average molecular weight is 505 g/mol. The predicted octanol–water partition coefficient (Wildman–Crippen LogP) is 5.95. The third kappa shape index (κ3) is 6.39. The van der Waals surface area contributed by atoms with Crippen molar-refractivity contribution in [2.75, 3.05) is 11.6 Å². The molecular formula is C25H23F3N2O4S. The number of nitrogens with one attached hydrogen (secondary N) is 1. The van der Waals surface area contributed by atoms with E-state index in [1.54, 1.807) is 24.3 Å². The van der Waals surface area contributed by atoms with Gasteiger partial charge in [-0.15, -0.1) is 0 Å². The van der Waals surface area contributed by atoms with Crippen molar-refractivity contribution in [3.8, 4) is 11.5 Å². The number of benzene rings is 2. The largest absolute Gasteiger partial charge is 0.457 e. The van der Waals surface area contributed by atoms with Crippen molar-refractivity contribution in [1.82, 2.24) is 4.98 Å². The van der Waals surface area contributed by atoms with Gasteiger partial charge in [-0.25, -0.2) is 13.4 Å². The van der Waals surface area contributed by atoms with E-state index in [4.69, 9.17) is 4.74 Å². The lowest BCUT2D eigenvalue weighted by molar-refractivity contribution is -0.137. The lowest BCUT2D eigenvalue weighted by Gasteiger charge is -2.16. The molecule has 184 valence electrons. The Kier molecular flexibility index (Phi) is 6.84. The third-order valence-corrected chi connectivity index (χ3v) is 6.89. The summed E-state index contributed by atoms with van der Waals surface area (Å²) in [6, 6.07) is 13.5. The van der Waals surface area contributed by atoms with Gasteiger partial charge in [-0.05, 0) is 78.9 Å². The highest BCUT2D eigenvalue weighted by Crippen LogP contribution is 2.35. The standard InChI is InChI=1S/C25H23F3N2O4S/c1-35(32,33)22-8-6-21(7-9-22)34-23-10-4-19(14-17(23)12-16-2-5-20(31)13-16)30-24-11-3-18(15-29-24)25(26,27)28/h3-4,6-11,14-16H,2,5,12-13H2,1H3,(H,29,30). The topological polar surface area (TPSA) is 85.4 Å². The fraction of sp³-hybridized carbons (Fsp3) is 0.280. The highest BCUT2D eigenvalue weighted by molar-refractivity contribution is 7.90. The first-order valence-corrected chi connectivity index (χ1v) is 12.8. The number of ether oxygens (including phenoxy) is 1. The number of anilines is 2. The van der Waals surface area contributed by atoms with Crippen LogP contribution in [0.25, 0.3) is 0 Å². The van der Waals surface area contributed by atoms with E-state index in [1.165, 1.54) is 18.2 Å². The van der Waals surface area contributed by atoms with E-state index in [0.717, 1.165) is 30.5 Å². The molecule has 0 bridgehead atoms. The molecule has 10 heteroatoms. The minimum absolute atomic E-state index is 0.164. The molecule has 0 spiro atoms. The van der Waals surface area contributed by atoms with Crippen LogP contribution in [-0.2, 0) is 27.2 Å². The van der Waals surface area contributed by atoms with E-state index in [9.17, 15) is 26.4 Å². The quantitative estimate of drug-likeness (QED) is 0.428. The number of ketones is 1. The zero-order valence-corrected chi connectivity index (χ0v) is 19.6. The van der Waals surface area contributed by atoms with Crippen LogP contribution in [0.15, 0.2) is 65.7 Å². The maximum Gasteiger partial charge on any atom is 0.417 e. The molecule has 1 fully saturated rings. The lowest BCUT2D eigenvalue weighted by atomic mass is 9.97. The molecule has 1 heterocycles. The summed E-state index contributed by atoms with van der Waals surface area (Å²) in [5.41, 5.74) is 0.588. The minimum Gasteiger partial charge on any atom is -0.457 e. The number of nitrogens with zero attached hydrogens (tertiary/aromatic N) is 1. The fourth-order valence-corrected chi connectivity index (χ4v) is 4.59. The molecular weight excluding hydrogens is 481 g/mol. The molecule has 0 aliphatic heterocycles. The monoisotopic (exact) mass is 504 g/mol. The Morgan fingerprint density at radius 3 is 2.40 bits per heavy atom. The van der Waals surface area contributed by atoms with Crippen LogP contribution >= 0.6 is 0 Å². The number of carbonyl (C=O) groups is 1. The molecule has 1 N–H and O–H groups in total. The molecule has 3 aromatic rings. The second-order valence-electron chi connectivity index (χ2n) is 8.57. The Balaban J connectivity index is 1.58. The molecule has 0 radical (unpaired) electrons. The van der Waals surface area contributed by atoms with Crippen LogP contribution in [0, 0.1) is 5.92 Å². The van der Waals surface area contributed by atoms with Crippen LogP contribution in [0.5, 0.6) is 11.5 Å². The molecule has 1 aliphatic carbocycles. The number of Topliss-reactive ketones (excluding diaryl/α,β-unsaturated/α-hetero) is 1. The van der Waals surface area contributed by atoms with Crippen molar-refractivity contribution in [2.45, 2.75) is 36.8 Å². The number of hydrogen-bond acceptors (Lipinski definition) is 6. The van der Waals surface area contributed by atoms with E-state index in [-0.39, 0.29) is 22.4 Å². The Morgan fingerprint density at radius 2 is 1.83 bits per heavy atom. The number of sulfone groups is 1. The number of pyridine rings is 1. The maximum absolute atomic E-state index is 12.8. The Labute approximate surface area is 201 Å². The first kappa shape index (κ1) is 24.7. The summed E-state index contributed by atoms with van der Waals surface area (Å²) in [4.78, 5) is 15.8. The summed E-state index contributed by atoms with van der Waals surface area (Å²) in [5, 5.41) is 3.00. The van der Waals surface area contributed by atoms with Crippen LogP contribution in [0.4, 0.5) is 24.7 Å². The van der Waals surface area contributed by atoms with Gasteiger partial charge >= 0.3 is 6.18 Å². The molecule has 4 rings (SSSR count). The summed E-state index contributed by atoms with van der Waals surface area (Å²) in [6.45, 7) is 0. The highest BCUT2D eigenvalue weighted by Gasteiger charge is 2.30. The van der Waals surface area contributed by atoms with Crippen LogP contribution in [0.3, 0.4) is 0 Å². The van der Waals surface area contributed by atoms with Gasteiger partial charge in [0.1, 0.15) is 23.1 Å². The lowest BCUT2D eigenvalue weighted by Crippen LogP contribution is -2.06. The number of carbonyl (C=O) groups excluding carboxylic acids is 1. The van der Waals surface area contributed by atoms with E-state index in [0.29, 0.717) is 36.4 Å². The van der Waals surface area contributed by atoms with Gasteiger partial charge in [0, 0.05) is 31.0 Å². The third-order valence-electron chi connectivity index (χ3n) is 5.76. The van der Waals surface area contributed by atoms with Gasteiger partial charge in [-0.1, -0.05) is 0 Å². The first-order valence-electron chi connectivity index (χ1n) is 10.9. The zero-order valence-electron chi connectivity index (χ0n) is 18.8. The summed E-state index contributed by atoms with van der Waals surface area (Å²) in [5.74, 6) is 1.63. The maximum atomic E-state index is 12.8. The Morgan fingerprint density at radius 1 is 1.09 bits per heavy atom. The summed E-state index contributed by atoms with van der Waals surface area (Å²) >= 11 is 0. The molecule has 2 aromatic carbocycles. The van der Waals surface area contributed by atoms with E-state index >= 15 is 0 Å². The number of halogens is 3. The van der Waals surface area contributed by atoms with Crippen molar-refractivity contribution in [3.05, 3.63) is 71.9 Å². The Bertz CT molecular complexity index is 1320. The van der Waals surface area contributed by atoms with E-state index < -0.39 is 21.6 Å². The van der Waals surface area contributed by atoms with Crippen LogP contribution in [-0.4, -0.2) is 25.4 Å². The molecule has 1 unspecified atom stereocenters. The SMILES string of the molecule is CS(=O)(=O)c1ccc(Oc2ccc(Nc3ccc(C(F)(F)F)cn3)cc2CC2CCC(=O)C2)cc1. The average Bonchev–Trinajstić information content (AvgIpc) is 3.19. The van der Waals surface area contributed by atoms with Gasteiger partial charge in [0.2, 0.25) is 0 Å². The van der Waals surface area contributed by atoms with Gasteiger partial charge < -0.3 is 10.1 Å². The molecule has 1 aliphatic rings. The smallest absolute Gasteiger partial charge is 0.417 e. The number of hydrogen-bond donors (Lipinski definition) is 1. The summed E-state index contributed by atoms with van der Waals surface area (Å²) < 4.78 is 67.8. The van der Waals surface area contributed by atoms with Crippen LogP contribution in [0.2, 0.25) is 0 Å². The zero-order chi connectivity index (χ0) is 25.2. The van der Waals surface area contributed by atoms with Gasteiger partial charge in [0.05, 0.1) is 10.5 Å². The second-order valence-corrected chi connectivity index (χ2v) is 10.6. The number of alkyl halides is 3. The molecule has 1 atom stereocenters. The van der Waals surface area contributed by atoms with Gasteiger partial charge in [0.25, 0.3) is 0 Å². The van der Waals surface area contributed by atoms with Gasteiger partial charge in [-0.3, -0.25) is 4.79 Å². The van der Waals surface area contributed by atoms with Gasteiger partial charge in [-0.2, -0.15) is 13.2 Å². The van der Waals surface area contributed by atoms with Gasteiger partial charge in [0.15, 0.2) is 9.84 Å². The van der Waals surface area contributed by atoms with E-state index in [2.05, 4.69) is 10.3 Å². The highest BCUT2D eigenvalue weighted by atomic mass is 32.2. The first-order chi connectivity index (χ1) is 16.5. The number of rotatable bonds is 7. The molecule has 1 aromatic heterocycles. The number of aromatic nitrogens is 1. The molecule has 35 heavy (non-hydrogen) atoms. The Hall–Kier alpha value is -3.40. The second kappa shape index (κ2) is 9.69. The summed E-state index contributed by atoms with van der Waals surface area (Å²) in [6.07, 6.45) is -0.179.